The minimum atomic E-state index is 0.0142. The number of nitrogens with one attached hydrogen (secondary N) is 1. The van der Waals surface area contributed by atoms with Gasteiger partial charge in [0.15, 0.2) is 0 Å². The lowest BCUT2D eigenvalue weighted by molar-refractivity contribution is -0.128. The highest BCUT2D eigenvalue weighted by Gasteiger charge is 2.07. The van der Waals surface area contributed by atoms with Gasteiger partial charge in [-0.05, 0) is 26.0 Å². The highest BCUT2D eigenvalue weighted by Crippen LogP contribution is 2.21. The van der Waals surface area contributed by atoms with Crippen molar-refractivity contribution in [1.82, 2.24) is 9.88 Å². The second-order valence-corrected chi connectivity index (χ2v) is 4.72. The zero-order chi connectivity index (χ0) is 14.4. The fraction of sp³-hybridized carbons (Fsp3) is 0.538. The average Bonchev–Trinajstić information content (AvgIpc) is 2.32. The molecule has 1 amide bonds. The van der Waals surface area contributed by atoms with E-state index < -0.39 is 0 Å². The molecule has 0 aromatic carbocycles. The molecule has 0 aliphatic carbocycles. The Morgan fingerprint density at radius 2 is 2.16 bits per heavy atom. The summed E-state index contributed by atoms with van der Waals surface area (Å²) in [6, 6.07) is 3.50. The molecular weight excluding hydrogens is 244 g/mol. The number of hydrogen-bond acceptors (Lipinski definition) is 5. The highest BCUT2D eigenvalue weighted by atomic mass is 16.5. The van der Waals surface area contributed by atoms with Crippen LogP contribution in [0.1, 0.15) is 20.3 Å². The molecule has 0 spiro atoms. The molecule has 0 radical (unpaired) electrons. The number of carbonyl (C=O) groups excluding carboxylic acids is 1. The van der Waals surface area contributed by atoms with Gasteiger partial charge in [0.05, 0.1) is 11.8 Å². The summed E-state index contributed by atoms with van der Waals surface area (Å²) in [4.78, 5) is 17.3. The van der Waals surface area contributed by atoms with E-state index in [0.717, 1.165) is 0 Å². The van der Waals surface area contributed by atoms with Crippen LogP contribution in [0.15, 0.2) is 12.1 Å². The molecular formula is C13H22N4O2. The van der Waals surface area contributed by atoms with Crippen molar-refractivity contribution >= 4 is 17.4 Å². The lowest BCUT2D eigenvalue weighted by atomic mass is 10.3. The number of ether oxygens (including phenoxy) is 1. The molecule has 1 aromatic rings. The maximum absolute atomic E-state index is 11.4. The first-order chi connectivity index (χ1) is 8.90. The molecule has 0 saturated carbocycles. The Morgan fingerprint density at radius 3 is 2.74 bits per heavy atom. The molecule has 0 saturated heterocycles. The summed E-state index contributed by atoms with van der Waals surface area (Å²) in [5.41, 5.74) is 6.28. The first-order valence-corrected chi connectivity index (χ1v) is 6.27. The third-order valence-electron chi connectivity index (χ3n) is 2.38. The van der Waals surface area contributed by atoms with Crippen molar-refractivity contribution < 1.29 is 9.53 Å². The molecule has 0 fully saturated rings. The number of nitrogens with two attached hydrogens (primary N) is 1. The van der Waals surface area contributed by atoms with E-state index in [-0.39, 0.29) is 12.0 Å². The van der Waals surface area contributed by atoms with E-state index in [1.165, 1.54) is 0 Å². The Balaban J connectivity index is 2.57. The fourth-order valence-corrected chi connectivity index (χ4v) is 1.39. The summed E-state index contributed by atoms with van der Waals surface area (Å²) in [7, 11) is 3.47. The molecule has 0 bridgehead atoms. The van der Waals surface area contributed by atoms with Crippen LogP contribution in [-0.2, 0) is 4.79 Å². The predicted molar refractivity (Wildman–Crippen MR) is 76.2 cm³/mol. The van der Waals surface area contributed by atoms with E-state index in [4.69, 9.17) is 10.5 Å². The molecule has 0 atom stereocenters. The van der Waals surface area contributed by atoms with Gasteiger partial charge in [-0.1, -0.05) is 0 Å². The van der Waals surface area contributed by atoms with Crippen LogP contribution in [0.3, 0.4) is 0 Å². The van der Waals surface area contributed by atoms with Gasteiger partial charge in [-0.2, -0.15) is 4.98 Å². The van der Waals surface area contributed by atoms with Crippen molar-refractivity contribution in [3.05, 3.63) is 12.1 Å². The third kappa shape index (κ3) is 5.03. The first-order valence-electron chi connectivity index (χ1n) is 6.27. The number of nitrogens with zero attached hydrogens (tertiary/aromatic N) is 2. The van der Waals surface area contributed by atoms with Crippen LogP contribution in [0.4, 0.5) is 11.5 Å². The van der Waals surface area contributed by atoms with E-state index in [9.17, 15) is 4.79 Å². The smallest absolute Gasteiger partial charge is 0.239 e. The zero-order valence-electron chi connectivity index (χ0n) is 11.9. The third-order valence-corrected chi connectivity index (χ3v) is 2.38. The van der Waals surface area contributed by atoms with Gasteiger partial charge in [0.25, 0.3) is 0 Å². The SMILES string of the molecule is CC(C)Oc1nc(NCCC(=O)N(C)C)ccc1N. The molecule has 1 heterocycles. The lowest BCUT2D eigenvalue weighted by Crippen LogP contribution is -2.24. The first kappa shape index (κ1) is 15.1. The summed E-state index contributed by atoms with van der Waals surface area (Å²) in [6.45, 7) is 4.35. The quantitative estimate of drug-likeness (QED) is 0.812. The molecule has 19 heavy (non-hydrogen) atoms. The summed E-state index contributed by atoms with van der Waals surface area (Å²) in [6.07, 6.45) is 0.430. The molecule has 1 rings (SSSR count). The Morgan fingerprint density at radius 1 is 1.47 bits per heavy atom. The van der Waals surface area contributed by atoms with Crippen molar-refractivity contribution in [2.75, 3.05) is 31.7 Å². The van der Waals surface area contributed by atoms with Crippen LogP contribution in [0.25, 0.3) is 0 Å². The number of amides is 1. The highest BCUT2D eigenvalue weighted by molar-refractivity contribution is 5.76. The normalized spacial score (nSPS) is 10.4. The average molecular weight is 266 g/mol. The van der Waals surface area contributed by atoms with Gasteiger partial charge in [0.2, 0.25) is 11.8 Å². The monoisotopic (exact) mass is 266 g/mol. The minimum Gasteiger partial charge on any atom is -0.473 e. The summed E-state index contributed by atoms with van der Waals surface area (Å²) < 4.78 is 5.50. The molecule has 6 heteroatoms. The van der Waals surface area contributed by atoms with Crippen molar-refractivity contribution in [1.29, 1.82) is 0 Å². The van der Waals surface area contributed by atoms with Crippen LogP contribution in [0.5, 0.6) is 5.88 Å². The molecule has 0 unspecified atom stereocenters. The van der Waals surface area contributed by atoms with Crippen LogP contribution >= 0.6 is 0 Å². The zero-order valence-corrected chi connectivity index (χ0v) is 11.9. The Kier molecular flexibility index (Phi) is 5.41. The largest absolute Gasteiger partial charge is 0.473 e. The van der Waals surface area contributed by atoms with Gasteiger partial charge in [-0.15, -0.1) is 0 Å². The standard InChI is InChI=1S/C13H22N4O2/c1-9(2)19-13-10(14)5-6-11(16-13)15-8-7-12(18)17(3)4/h5-6,9H,7-8,14H2,1-4H3,(H,15,16). The topological polar surface area (TPSA) is 80.5 Å². The van der Waals surface area contributed by atoms with Gasteiger partial charge in [0, 0.05) is 27.1 Å². The van der Waals surface area contributed by atoms with Crippen LogP contribution in [-0.4, -0.2) is 42.5 Å². The van der Waals surface area contributed by atoms with Gasteiger partial charge in [-0.3, -0.25) is 4.79 Å². The number of nitrogen functional groups attached to an aromatic ring is 1. The van der Waals surface area contributed by atoms with Gasteiger partial charge < -0.3 is 20.7 Å². The number of anilines is 2. The predicted octanol–water partition coefficient (Wildman–Crippen LogP) is 1.34. The Labute approximate surface area is 113 Å². The number of hydrogen-bond donors (Lipinski definition) is 2. The van der Waals surface area contributed by atoms with Gasteiger partial charge >= 0.3 is 0 Å². The lowest BCUT2D eigenvalue weighted by Gasteiger charge is -2.13. The minimum absolute atomic E-state index is 0.0142. The van der Waals surface area contributed by atoms with Crippen molar-refractivity contribution in [3.8, 4) is 5.88 Å². The molecule has 1 aromatic heterocycles. The Hall–Kier alpha value is -1.98. The number of carbonyl (C=O) groups is 1. The van der Waals surface area contributed by atoms with Crippen molar-refractivity contribution in [2.45, 2.75) is 26.4 Å². The van der Waals surface area contributed by atoms with Crippen LogP contribution < -0.4 is 15.8 Å². The van der Waals surface area contributed by atoms with E-state index in [1.807, 2.05) is 13.8 Å². The summed E-state index contributed by atoms with van der Waals surface area (Å²) in [5, 5.41) is 3.08. The second-order valence-electron chi connectivity index (χ2n) is 4.72. The summed E-state index contributed by atoms with van der Waals surface area (Å²) in [5.74, 6) is 1.14. The number of rotatable bonds is 6. The number of aromatic nitrogens is 1. The van der Waals surface area contributed by atoms with Crippen LogP contribution in [0, 0.1) is 0 Å². The molecule has 106 valence electrons. The molecule has 0 aliphatic heterocycles. The van der Waals surface area contributed by atoms with E-state index in [2.05, 4.69) is 10.3 Å². The van der Waals surface area contributed by atoms with Gasteiger partial charge in [-0.25, -0.2) is 0 Å². The second kappa shape index (κ2) is 6.82. The van der Waals surface area contributed by atoms with Crippen molar-refractivity contribution in [3.63, 3.8) is 0 Å². The fourth-order valence-electron chi connectivity index (χ4n) is 1.39. The maximum Gasteiger partial charge on any atom is 0.239 e. The van der Waals surface area contributed by atoms with Crippen molar-refractivity contribution in [2.24, 2.45) is 0 Å². The van der Waals surface area contributed by atoms with Crippen LogP contribution in [0.2, 0.25) is 0 Å². The molecule has 3 N–H and O–H groups in total. The van der Waals surface area contributed by atoms with E-state index in [0.29, 0.717) is 30.4 Å². The molecule has 0 aliphatic rings. The maximum atomic E-state index is 11.4. The van der Waals surface area contributed by atoms with Gasteiger partial charge in [0.1, 0.15) is 5.82 Å². The van der Waals surface area contributed by atoms with E-state index in [1.54, 1.807) is 31.1 Å². The number of pyridine rings is 1. The summed E-state index contributed by atoms with van der Waals surface area (Å²) >= 11 is 0. The van der Waals surface area contributed by atoms with E-state index >= 15 is 0 Å². The Bertz CT molecular complexity index is 433. The molecule has 6 nitrogen and oxygen atoms in total.